The number of fused-ring (bicyclic) bond motifs is 1. The number of thiophene rings is 1. The summed E-state index contributed by atoms with van der Waals surface area (Å²) in [5.74, 6) is 0.463. The summed E-state index contributed by atoms with van der Waals surface area (Å²) >= 11 is 1.77. The predicted molar refractivity (Wildman–Crippen MR) is 71.4 cm³/mol. The van der Waals surface area contributed by atoms with Crippen LogP contribution in [0.3, 0.4) is 0 Å². The molecule has 0 aromatic carbocycles. The van der Waals surface area contributed by atoms with Crippen molar-refractivity contribution in [3.8, 4) is 0 Å². The highest BCUT2D eigenvalue weighted by Gasteiger charge is 2.22. The lowest BCUT2D eigenvalue weighted by molar-refractivity contribution is 0.0735. The van der Waals surface area contributed by atoms with Gasteiger partial charge in [0, 0.05) is 24.2 Å². The van der Waals surface area contributed by atoms with E-state index in [0.29, 0.717) is 17.9 Å². The Balaban J connectivity index is 1.80. The molecule has 2 aromatic heterocycles. The van der Waals surface area contributed by atoms with Gasteiger partial charge in [-0.2, -0.15) is 0 Å². The van der Waals surface area contributed by atoms with Crippen LogP contribution in [0.25, 0.3) is 0 Å². The van der Waals surface area contributed by atoms with Gasteiger partial charge in [0.05, 0.1) is 5.56 Å². The maximum atomic E-state index is 12.3. The first-order chi connectivity index (χ1) is 8.74. The summed E-state index contributed by atoms with van der Waals surface area (Å²) in [7, 11) is 0. The number of anilines is 1. The maximum Gasteiger partial charge on any atom is 0.255 e. The van der Waals surface area contributed by atoms with Crippen molar-refractivity contribution >= 4 is 23.1 Å². The lowest BCUT2D eigenvalue weighted by atomic mass is 10.1. The van der Waals surface area contributed by atoms with Crippen molar-refractivity contribution in [3.05, 3.63) is 45.8 Å². The van der Waals surface area contributed by atoms with Crippen LogP contribution in [-0.4, -0.2) is 22.3 Å². The molecule has 1 amide bonds. The summed E-state index contributed by atoms with van der Waals surface area (Å²) in [4.78, 5) is 19.5. The molecule has 0 bridgehead atoms. The third kappa shape index (κ3) is 1.97. The van der Waals surface area contributed by atoms with Crippen molar-refractivity contribution in [2.24, 2.45) is 0 Å². The summed E-state index contributed by atoms with van der Waals surface area (Å²) < 4.78 is 0. The minimum Gasteiger partial charge on any atom is -0.384 e. The molecule has 92 valence electrons. The Morgan fingerprint density at radius 3 is 3.06 bits per heavy atom. The SMILES string of the molecule is Nc1ccc(C(=O)N2CCc3sccc3C2)cn1. The number of carbonyl (C=O) groups is 1. The number of aromatic nitrogens is 1. The molecule has 0 radical (unpaired) electrons. The topological polar surface area (TPSA) is 59.2 Å². The molecule has 1 aliphatic heterocycles. The second-order valence-electron chi connectivity index (χ2n) is 4.32. The molecular formula is C13H13N3OS. The fourth-order valence-corrected chi connectivity index (χ4v) is 3.03. The fourth-order valence-electron chi connectivity index (χ4n) is 2.14. The minimum absolute atomic E-state index is 0.0272. The van der Waals surface area contributed by atoms with Gasteiger partial charge in [-0.1, -0.05) is 0 Å². The van der Waals surface area contributed by atoms with Crippen LogP contribution >= 0.6 is 11.3 Å². The Kier molecular flexibility index (Phi) is 2.76. The molecule has 0 saturated carbocycles. The number of nitrogens with zero attached hydrogens (tertiary/aromatic N) is 2. The highest BCUT2D eigenvalue weighted by atomic mass is 32.1. The Labute approximate surface area is 109 Å². The summed E-state index contributed by atoms with van der Waals surface area (Å²) in [6.07, 6.45) is 2.49. The first kappa shape index (κ1) is 11.2. The predicted octanol–water partition coefficient (Wildman–Crippen LogP) is 1.92. The van der Waals surface area contributed by atoms with Crippen LogP contribution in [0.4, 0.5) is 5.82 Å². The van der Waals surface area contributed by atoms with Gasteiger partial charge in [-0.3, -0.25) is 4.79 Å². The van der Waals surface area contributed by atoms with Gasteiger partial charge in [0.25, 0.3) is 5.91 Å². The molecule has 0 unspecified atom stereocenters. The number of hydrogen-bond acceptors (Lipinski definition) is 4. The minimum atomic E-state index is 0.0272. The van der Waals surface area contributed by atoms with Gasteiger partial charge in [0.1, 0.15) is 5.82 Å². The summed E-state index contributed by atoms with van der Waals surface area (Å²) in [6.45, 7) is 1.47. The van der Waals surface area contributed by atoms with E-state index in [-0.39, 0.29) is 5.91 Å². The zero-order valence-corrected chi connectivity index (χ0v) is 10.6. The highest BCUT2D eigenvalue weighted by molar-refractivity contribution is 7.10. The quantitative estimate of drug-likeness (QED) is 0.851. The number of pyridine rings is 1. The fraction of sp³-hybridized carbons (Fsp3) is 0.231. The molecule has 0 spiro atoms. The van der Waals surface area contributed by atoms with Crippen molar-refractivity contribution < 1.29 is 4.79 Å². The van der Waals surface area contributed by atoms with Gasteiger partial charge in [-0.05, 0) is 35.6 Å². The van der Waals surface area contributed by atoms with Gasteiger partial charge in [0.15, 0.2) is 0 Å². The van der Waals surface area contributed by atoms with E-state index in [4.69, 9.17) is 5.73 Å². The van der Waals surface area contributed by atoms with Crippen LogP contribution in [0.2, 0.25) is 0 Å². The molecule has 0 fully saturated rings. The zero-order chi connectivity index (χ0) is 12.5. The first-order valence-electron chi connectivity index (χ1n) is 5.80. The smallest absolute Gasteiger partial charge is 0.255 e. The largest absolute Gasteiger partial charge is 0.384 e. The molecule has 2 N–H and O–H groups in total. The van der Waals surface area contributed by atoms with Crippen molar-refractivity contribution in [2.45, 2.75) is 13.0 Å². The number of carbonyl (C=O) groups excluding carboxylic acids is 1. The highest BCUT2D eigenvalue weighted by Crippen LogP contribution is 2.24. The molecular weight excluding hydrogens is 246 g/mol. The zero-order valence-electron chi connectivity index (χ0n) is 9.80. The van der Waals surface area contributed by atoms with E-state index in [9.17, 15) is 4.79 Å². The Morgan fingerprint density at radius 1 is 1.39 bits per heavy atom. The molecule has 0 atom stereocenters. The van der Waals surface area contributed by atoms with Gasteiger partial charge >= 0.3 is 0 Å². The monoisotopic (exact) mass is 259 g/mol. The van der Waals surface area contributed by atoms with Crippen LogP contribution in [-0.2, 0) is 13.0 Å². The third-order valence-electron chi connectivity index (χ3n) is 3.13. The molecule has 0 aliphatic carbocycles. The molecule has 5 heteroatoms. The van der Waals surface area contributed by atoms with Crippen molar-refractivity contribution in [2.75, 3.05) is 12.3 Å². The van der Waals surface area contributed by atoms with Crippen LogP contribution < -0.4 is 5.73 Å². The van der Waals surface area contributed by atoms with E-state index in [0.717, 1.165) is 13.0 Å². The molecule has 1 aliphatic rings. The standard InChI is InChI=1S/C13H13N3OS/c14-12-2-1-9(7-15-12)13(17)16-5-3-11-10(8-16)4-6-18-11/h1-2,4,6-7H,3,5,8H2,(H2,14,15). The van der Waals surface area contributed by atoms with Crippen molar-refractivity contribution in [3.63, 3.8) is 0 Å². The molecule has 0 saturated heterocycles. The van der Waals surface area contributed by atoms with E-state index in [2.05, 4.69) is 16.4 Å². The first-order valence-corrected chi connectivity index (χ1v) is 6.68. The lowest BCUT2D eigenvalue weighted by Crippen LogP contribution is -2.35. The number of amides is 1. The van der Waals surface area contributed by atoms with E-state index >= 15 is 0 Å². The average molecular weight is 259 g/mol. The Morgan fingerprint density at radius 2 is 2.28 bits per heavy atom. The molecule has 4 nitrogen and oxygen atoms in total. The number of nitrogens with two attached hydrogens (primary N) is 1. The lowest BCUT2D eigenvalue weighted by Gasteiger charge is -2.27. The number of rotatable bonds is 1. The summed E-state index contributed by atoms with van der Waals surface area (Å²) in [5, 5.41) is 2.09. The van der Waals surface area contributed by atoms with Gasteiger partial charge in [-0.15, -0.1) is 11.3 Å². The van der Waals surface area contributed by atoms with Crippen molar-refractivity contribution in [1.29, 1.82) is 0 Å². The number of hydrogen-bond donors (Lipinski definition) is 1. The second kappa shape index (κ2) is 4.42. The van der Waals surface area contributed by atoms with Crippen LogP contribution in [0, 0.1) is 0 Å². The number of nitrogen functional groups attached to an aromatic ring is 1. The van der Waals surface area contributed by atoms with Crippen LogP contribution in [0.1, 0.15) is 20.8 Å². The Hall–Kier alpha value is -1.88. The van der Waals surface area contributed by atoms with E-state index in [1.165, 1.54) is 10.4 Å². The van der Waals surface area contributed by atoms with Crippen molar-refractivity contribution in [1.82, 2.24) is 9.88 Å². The van der Waals surface area contributed by atoms with E-state index in [1.54, 1.807) is 29.7 Å². The Bertz CT molecular complexity index is 576. The molecule has 18 heavy (non-hydrogen) atoms. The molecule has 3 rings (SSSR count). The molecule has 3 heterocycles. The third-order valence-corrected chi connectivity index (χ3v) is 4.15. The van der Waals surface area contributed by atoms with E-state index in [1.807, 2.05) is 4.90 Å². The normalized spacial score (nSPS) is 14.3. The second-order valence-corrected chi connectivity index (χ2v) is 5.32. The summed E-state index contributed by atoms with van der Waals surface area (Å²) in [5.41, 5.74) is 7.39. The van der Waals surface area contributed by atoms with Gasteiger partial charge < -0.3 is 10.6 Å². The van der Waals surface area contributed by atoms with Crippen LogP contribution in [0.15, 0.2) is 29.8 Å². The summed E-state index contributed by atoms with van der Waals surface area (Å²) in [6, 6.07) is 5.49. The van der Waals surface area contributed by atoms with E-state index < -0.39 is 0 Å². The van der Waals surface area contributed by atoms with Gasteiger partial charge in [-0.25, -0.2) is 4.98 Å². The molecule has 2 aromatic rings. The van der Waals surface area contributed by atoms with Crippen LogP contribution in [0.5, 0.6) is 0 Å². The van der Waals surface area contributed by atoms with Gasteiger partial charge in [0.2, 0.25) is 0 Å². The maximum absolute atomic E-state index is 12.3. The average Bonchev–Trinajstić information content (AvgIpc) is 2.86.